The highest BCUT2D eigenvalue weighted by Gasteiger charge is 2.14. The van der Waals surface area contributed by atoms with Gasteiger partial charge in [0, 0.05) is 21.4 Å². The van der Waals surface area contributed by atoms with Gasteiger partial charge in [0.25, 0.3) is 0 Å². The molecule has 1 heterocycles. The Kier molecular flexibility index (Phi) is 4.03. The molecular weight excluding hydrogens is 365 g/mol. The third kappa shape index (κ3) is 3.09. The zero-order chi connectivity index (χ0) is 13.2. The van der Waals surface area contributed by atoms with Crippen molar-refractivity contribution in [3.63, 3.8) is 0 Å². The summed E-state index contributed by atoms with van der Waals surface area (Å²) < 4.78 is 27.6. The lowest BCUT2D eigenvalue weighted by molar-refractivity contribution is 0.581. The van der Waals surface area contributed by atoms with E-state index in [-0.39, 0.29) is 11.4 Å². The lowest BCUT2D eigenvalue weighted by atomic mass is 10.3. The van der Waals surface area contributed by atoms with Gasteiger partial charge < -0.3 is 0 Å². The van der Waals surface area contributed by atoms with E-state index >= 15 is 0 Å². The van der Waals surface area contributed by atoms with Crippen molar-refractivity contribution in [2.24, 2.45) is 0 Å². The fourth-order valence-electron chi connectivity index (χ4n) is 1.42. The highest BCUT2D eigenvalue weighted by atomic mass is 127. The van der Waals surface area contributed by atoms with E-state index in [0.717, 1.165) is 14.8 Å². The minimum atomic E-state index is -3.46. The van der Waals surface area contributed by atoms with E-state index in [0.29, 0.717) is 0 Å². The molecule has 7 heteroatoms. The number of nitrogens with one attached hydrogen (secondary N) is 2. The van der Waals surface area contributed by atoms with Gasteiger partial charge in [-0.3, -0.25) is 5.10 Å². The molecule has 0 saturated carbocycles. The van der Waals surface area contributed by atoms with Gasteiger partial charge in [0.1, 0.15) is 0 Å². The molecule has 1 aromatic carbocycles. The van der Waals surface area contributed by atoms with E-state index < -0.39 is 10.0 Å². The second-order valence-electron chi connectivity index (χ2n) is 3.80. The first-order valence-corrected chi connectivity index (χ1v) is 7.79. The molecule has 0 amide bonds. The molecular formula is C11H12IN3O2S. The second-order valence-corrected chi connectivity index (χ2v) is 6.81. The molecule has 18 heavy (non-hydrogen) atoms. The van der Waals surface area contributed by atoms with Crippen LogP contribution >= 0.6 is 22.6 Å². The number of hydrogen-bond acceptors (Lipinski definition) is 3. The van der Waals surface area contributed by atoms with Gasteiger partial charge in [0.05, 0.1) is 11.1 Å². The van der Waals surface area contributed by atoms with Crippen LogP contribution in [0, 0.1) is 10.5 Å². The molecule has 96 valence electrons. The Labute approximate surface area is 119 Å². The summed E-state index contributed by atoms with van der Waals surface area (Å²) in [5.41, 5.74) is 1.70. The van der Waals surface area contributed by atoms with E-state index in [1.165, 1.54) is 0 Å². The first-order chi connectivity index (χ1) is 8.49. The van der Waals surface area contributed by atoms with Gasteiger partial charge >= 0.3 is 0 Å². The van der Waals surface area contributed by atoms with Crippen molar-refractivity contribution < 1.29 is 8.42 Å². The lowest BCUT2D eigenvalue weighted by Crippen LogP contribution is -2.23. The van der Waals surface area contributed by atoms with E-state index in [2.05, 4.69) is 37.5 Å². The number of sulfonamides is 1. The van der Waals surface area contributed by atoms with Crippen LogP contribution < -0.4 is 4.72 Å². The molecule has 0 aliphatic rings. The molecule has 0 unspecified atom stereocenters. The summed E-state index contributed by atoms with van der Waals surface area (Å²) in [6, 6.07) is 6.70. The number of rotatable bonds is 4. The number of H-pyrrole nitrogens is 1. The van der Waals surface area contributed by atoms with Crippen molar-refractivity contribution in [3.05, 3.63) is 45.3 Å². The Morgan fingerprint density at radius 1 is 1.33 bits per heavy atom. The summed E-state index contributed by atoms with van der Waals surface area (Å²) in [7, 11) is -3.46. The van der Waals surface area contributed by atoms with Crippen molar-refractivity contribution >= 4 is 32.6 Å². The minimum Gasteiger partial charge on any atom is -0.283 e. The lowest BCUT2D eigenvalue weighted by Gasteiger charge is -2.06. The zero-order valence-corrected chi connectivity index (χ0v) is 12.6. The van der Waals surface area contributed by atoms with Crippen LogP contribution in [0.1, 0.15) is 11.3 Å². The van der Waals surface area contributed by atoms with Crippen molar-refractivity contribution in [3.8, 4) is 0 Å². The Morgan fingerprint density at radius 2 is 2.00 bits per heavy atom. The van der Waals surface area contributed by atoms with Crippen LogP contribution in [0.15, 0.2) is 35.4 Å². The number of hydrogen-bond donors (Lipinski definition) is 2. The Bertz CT molecular complexity index is 635. The molecule has 0 aliphatic heterocycles. The Hall–Kier alpha value is -0.930. The monoisotopic (exact) mass is 377 g/mol. The van der Waals surface area contributed by atoms with Crippen molar-refractivity contribution in [2.45, 2.75) is 18.4 Å². The number of aromatic amines is 1. The topological polar surface area (TPSA) is 74.8 Å². The maximum atomic E-state index is 12.0. The fraction of sp³-hybridized carbons (Fsp3) is 0.182. The molecule has 0 aliphatic carbocycles. The van der Waals surface area contributed by atoms with Crippen LogP contribution in [0.25, 0.3) is 0 Å². The number of nitrogens with zero attached hydrogens (tertiary/aromatic N) is 1. The highest BCUT2D eigenvalue weighted by molar-refractivity contribution is 14.1. The first-order valence-electron chi connectivity index (χ1n) is 5.23. The van der Waals surface area contributed by atoms with E-state index in [9.17, 15) is 8.42 Å². The predicted octanol–water partition coefficient (Wildman–Crippen LogP) is 1.80. The molecule has 0 bridgehead atoms. The maximum absolute atomic E-state index is 12.0. The SMILES string of the molecule is Cc1[nH]ncc1CNS(=O)(=O)c1ccc(I)cc1. The largest absolute Gasteiger partial charge is 0.283 e. The Morgan fingerprint density at radius 3 is 2.56 bits per heavy atom. The summed E-state index contributed by atoms with van der Waals surface area (Å²) in [5.74, 6) is 0. The molecule has 0 fully saturated rings. The summed E-state index contributed by atoms with van der Waals surface area (Å²) in [6.45, 7) is 2.08. The molecule has 2 N–H and O–H groups in total. The standard InChI is InChI=1S/C11H12IN3O2S/c1-8-9(6-13-15-8)7-14-18(16,17)11-4-2-10(12)3-5-11/h2-6,14H,7H2,1H3,(H,13,15). The third-order valence-corrected chi connectivity index (χ3v) is 4.65. The van der Waals surface area contributed by atoms with Crippen LogP contribution in [0.3, 0.4) is 0 Å². The van der Waals surface area contributed by atoms with Crippen LogP contribution in [0.5, 0.6) is 0 Å². The van der Waals surface area contributed by atoms with Crippen molar-refractivity contribution in [2.75, 3.05) is 0 Å². The summed E-state index contributed by atoms with van der Waals surface area (Å²) in [6.07, 6.45) is 1.62. The third-order valence-electron chi connectivity index (χ3n) is 2.51. The molecule has 5 nitrogen and oxygen atoms in total. The van der Waals surface area contributed by atoms with Crippen molar-refractivity contribution in [1.29, 1.82) is 0 Å². The van der Waals surface area contributed by atoms with Crippen LogP contribution in [0.4, 0.5) is 0 Å². The molecule has 0 saturated heterocycles. The molecule has 0 atom stereocenters. The second kappa shape index (κ2) is 5.37. The number of halogens is 1. The van der Waals surface area contributed by atoms with E-state index in [4.69, 9.17) is 0 Å². The van der Waals surface area contributed by atoms with Crippen LogP contribution in [0.2, 0.25) is 0 Å². The fourth-order valence-corrected chi connectivity index (χ4v) is 2.79. The van der Waals surface area contributed by atoms with E-state index in [1.807, 2.05) is 6.92 Å². The zero-order valence-electron chi connectivity index (χ0n) is 9.64. The summed E-state index contributed by atoms with van der Waals surface area (Å²) in [4.78, 5) is 0.268. The van der Waals surface area contributed by atoms with Gasteiger partial charge in [-0.25, -0.2) is 13.1 Å². The normalized spacial score (nSPS) is 11.7. The molecule has 2 rings (SSSR count). The average molecular weight is 377 g/mol. The molecule has 0 radical (unpaired) electrons. The molecule has 1 aromatic heterocycles. The van der Waals surface area contributed by atoms with Crippen LogP contribution in [-0.2, 0) is 16.6 Å². The van der Waals surface area contributed by atoms with Gasteiger partial charge in [0.2, 0.25) is 10.0 Å². The van der Waals surface area contributed by atoms with Gasteiger partial charge in [-0.1, -0.05) is 0 Å². The predicted molar refractivity (Wildman–Crippen MR) is 76.5 cm³/mol. The molecule has 2 aromatic rings. The summed E-state index contributed by atoms with van der Waals surface area (Å²) >= 11 is 2.13. The smallest absolute Gasteiger partial charge is 0.240 e. The minimum absolute atomic E-state index is 0.233. The number of aromatic nitrogens is 2. The van der Waals surface area contributed by atoms with E-state index in [1.54, 1.807) is 30.5 Å². The number of benzene rings is 1. The highest BCUT2D eigenvalue weighted by Crippen LogP contribution is 2.12. The Balaban J connectivity index is 2.13. The van der Waals surface area contributed by atoms with Crippen LogP contribution in [-0.4, -0.2) is 18.6 Å². The quantitative estimate of drug-likeness (QED) is 0.798. The maximum Gasteiger partial charge on any atom is 0.240 e. The number of aryl methyl sites for hydroxylation is 1. The first kappa shape index (κ1) is 13.5. The van der Waals surface area contributed by atoms with Gasteiger partial charge in [-0.15, -0.1) is 0 Å². The molecule has 0 spiro atoms. The van der Waals surface area contributed by atoms with Crippen molar-refractivity contribution in [1.82, 2.24) is 14.9 Å². The summed E-state index contributed by atoms with van der Waals surface area (Å²) in [5, 5.41) is 6.61. The van der Waals surface area contributed by atoms with Gasteiger partial charge in [-0.2, -0.15) is 5.10 Å². The van der Waals surface area contributed by atoms with Gasteiger partial charge in [0.15, 0.2) is 0 Å². The van der Waals surface area contributed by atoms with Gasteiger partial charge in [-0.05, 0) is 53.8 Å². The average Bonchev–Trinajstić information content (AvgIpc) is 2.73.